The number of hydrogen-bond acceptors (Lipinski definition) is 0. The summed E-state index contributed by atoms with van der Waals surface area (Å²) in [4.78, 5) is 0. The van der Waals surface area contributed by atoms with Crippen molar-refractivity contribution in [2.24, 2.45) is 0 Å². The first-order chi connectivity index (χ1) is 35.8. The standard InChI is InChI=1S/4C18H12.Pd/c4*1-2-8-14-13(7-1)15-9-3-4-11-17(15)18-12-6-5-10-16(14)18;/h4*1-12H;. The summed E-state index contributed by atoms with van der Waals surface area (Å²) in [6, 6.07) is 104. The molecule has 1 heteroatoms. The van der Waals surface area contributed by atoms with E-state index in [2.05, 4.69) is 291 Å². The minimum atomic E-state index is 0. The van der Waals surface area contributed by atoms with E-state index < -0.39 is 0 Å². The number of rotatable bonds is 0. The first kappa shape index (κ1) is 45.4. The fourth-order valence-corrected chi connectivity index (χ4v) is 11.4. The molecule has 0 saturated carbocycles. The molecule has 0 atom stereocenters. The van der Waals surface area contributed by atoms with Crippen molar-refractivity contribution in [3.63, 3.8) is 0 Å². The third-order valence-electron chi connectivity index (χ3n) is 14.6. The van der Waals surface area contributed by atoms with Gasteiger partial charge in [0, 0.05) is 20.4 Å². The van der Waals surface area contributed by atoms with Crippen LogP contribution in [-0.4, -0.2) is 0 Å². The van der Waals surface area contributed by atoms with Gasteiger partial charge in [-0.25, -0.2) is 0 Å². The van der Waals surface area contributed by atoms with Crippen LogP contribution in [0.1, 0.15) is 0 Å². The van der Waals surface area contributed by atoms with E-state index in [0.29, 0.717) is 0 Å². The molecule has 0 unspecified atom stereocenters. The third-order valence-corrected chi connectivity index (χ3v) is 14.6. The van der Waals surface area contributed by atoms with Crippen molar-refractivity contribution in [3.8, 4) is 0 Å². The van der Waals surface area contributed by atoms with E-state index >= 15 is 0 Å². The maximum absolute atomic E-state index is 2.21. The largest absolute Gasteiger partial charge is 0.0616 e. The van der Waals surface area contributed by atoms with Crippen LogP contribution < -0.4 is 0 Å². The summed E-state index contributed by atoms with van der Waals surface area (Å²) in [5.41, 5.74) is 0. The van der Waals surface area contributed by atoms with Gasteiger partial charge in [-0.15, -0.1) is 0 Å². The van der Waals surface area contributed by atoms with Crippen molar-refractivity contribution >= 4 is 129 Å². The summed E-state index contributed by atoms with van der Waals surface area (Å²) >= 11 is 0. The Hall–Kier alpha value is -8.70. The molecule has 0 spiro atoms. The minimum Gasteiger partial charge on any atom is -0.0616 e. The van der Waals surface area contributed by atoms with Crippen LogP contribution in [0.15, 0.2) is 291 Å². The maximum Gasteiger partial charge on any atom is 0 e. The molecule has 0 aliphatic rings. The summed E-state index contributed by atoms with van der Waals surface area (Å²) < 4.78 is 0. The normalized spacial score (nSPS) is 11.2. The van der Waals surface area contributed by atoms with Gasteiger partial charge in [-0.3, -0.25) is 0 Å². The molecule has 0 heterocycles. The molecule has 0 fully saturated rings. The maximum atomic E-state index is 2.21. The molecule has 0 radical (unpaired) electrons. The quantitative estimate of drug-likeness (QED) is 0.105. The second-order valence-corrected chi connectivity index (χ2v) is 18.5. The third kappa shape index (κ3) is 8.11. The number of fused-ring (bicyclic) bond motifs is 24. The Morgan fingerprint density at radius 1 is 0.0822 bits per heavy atom. The SMILES string of the molecule is [Pd].c1ccc2c(c1)c1ccccc1c1ccccc21.c1ccc2c(c1)c1ccccc1c1ccccc21.c1ccc2c(c1)c1ccccc1c1ccccc21.c1ccc2c(c1)c1ccccc1c1ccccc21. The summed E-state index contributed by atoms with van der Waals surface area (Å²) in [7, 11) is 0. The van der Waals surface area contributed by atoms with Gasteiger partial charge in [0.1, 0.15) is 0 Å². The van der Waals surface area contributed by atoms with Crippen LogP contribution in [0, 0.1) is 0 Å². The van der Waals surface area contributed by atoms with Gasteiger partial charge in [0.15, 0.2) is 0 Å². The van der Waals surface area contributed by atoms with Gasteiger partial charge >= 0.3 is 0 Å². The zero-order valence-electron chi connectivity index (χ0n) is 40.0. The summed E-state index contributed by atoms with van der Waals surface area (Å²) in [5, 5.41) is 32.2. The van der Waals surface area contributed by atoms with Crippen molar-refractivity contribution in [2.45, 2.75) is 0 Å². The van der Waals surface area contributed by atoms with Crippen molar-refractivity contribution in [3.05, 3.63) is 291 Å². The van der Waals surface area contributed by atoms with Gasteiger partial charge < -0.3 is 0 Å². The summed E-state index contributed by atoms with van der Waals surface area (Å²) in [6.45, 7) is 0. The van der Waals surface area contributed by atoms with Gasteiger partial charge in [-0.2, -0.15) is 0 Å². The Kier molecular flexibility index (Phi) is 12.3. The van der Waals surface area contributed by atoms with Crippen LogP contribution in [0.25, 0.3) is 129 Å². The Morgan fingerprint density at radius 3 is 0.164 bits per heavy atom. The van der Waals surface area contributed by atoms with Gasteiger partial charge in [-0.05, 0) is 129 Å². The summed E-state index contributed by atoms with van der Waals surface area (Å²) in [5.74, 6) is 0. The first-order valence-corrected chi connectivity index (χ1v) is 24.9. The number of benzene rings is 16. The van der Waals surface area contributed by atoms with Gasteiger partial charge in [0.2, 0.25) is 0 Å². The average molecular weight is 1020 g/mol. The molecule has 0 aliphatic carbocycles. The van der Waals surface area contributed by atoms with Gasteiger partial charge in [0.05, 0.1) is 0 Å². The zero-order chi connectivity index (χ0) is 47.8. The molecule has 0 nitrogen and oxygen atoms in total. The topological polar surface area (TPSA) is 0 Å². The van der Waals surface area contributed by atoms with Crippen molar-refractivity contribution in [2.75, 3.05) is 0 Å². The molecule has 0 saturated heterocycles. The average Bonchev–Trinajstić information content (AvgIpc) is 3.48. The van der Waals surface area contributed by atoms with E-state index in [9.17, 15) is 0 Å². The summed E-state index contributed by atoms with van der Waals surface area (Å²) in [6.07, 6.45) is 0. The second-order valence-electron chi connectivity index (χ2n) is 18.5. The van der Waals surface area contributed by atoms with Crippen molar-refractivity contribution < 1.29 is 20.4 Å². The van der Waals surface area contributed by atoms with E-state index in [1.807, 2.05) is 0 Å². The molecule has 0 bridgehead atoms. The molecule has 0 amide bonds. The molecule has 346 valence electrons. The smallest absolute Gasteiger partial charge is 0 e. The van der Waals surface area contributed by atoms with Crippen molar-refractivity contribution in [1.82, 2.24) is 0 Å². The molecule has 0 aromatic heterocycles. The predicted molar refractivity (Wildman–Crippen MR) is 316 cm³/mol. The minimum absolute atomic E-state index is 0. The van der Waals surface area contributed by atoms with E-state index in [1.165, 1.54) is 129 Å². The fourth-order valence-electron chi connectivity index (χ4n) is 11.4. The van der Waals surface area contributed by atoms with Gasteiger partial charge in [-0.1, -0.05) is 291 Å². The van der Waals surface area contributed by atoms with Crippen LogP contribution in [0.5, 0.6) is 0 Å². The monoisotopic (exact) mass is 1020 g/mol. The Labute approximate surface area is 438 Å². The fraction of sp³-hybridized carbons (Fsp3) is 0. The zero-order valence-corrected chi connectivity index (χ0v) is 41.6. The van der Waals surface area contributed by atoms with E-state index in [4.69, 9.17) is 0 Å². The first-order valence-electron chi connectivity index (χ1n) is 24.9. The molecular weight excluding hydrogens is 971 g/mol. The molecular formula is C72H48Pd. The second kappa shape index (κ2) is 19.8. The van der Waals surface area contributed by atoms with Gasteiger partial charge in [0.25, 0.3) is 0 Å². The van der Waals surface area contributed by atoms with E-state index in [1.54, 1.807) is 0 Å². The van der Waals surface area contributed by atoms with E-state index in [-0.39, 0.29) is 20.4 Å². The van der Waals surface area contributed by atoms with Crippen molar-refractivity contribution in [1.29, 1.82) is 0 Å². The Morgan fingerprint density at radius 2 is 0.123 bits per heavy atom. The molecule has 0 N–H and O–H groups in total. The van der Waals surface area contributed by atoms with Crippen LogP contribution in [0.4, 0.5) is 0 Å². The Balaban J connectivity index is 0.0000000987. The molecule has 16 rings (SSSR count). The molecule has 16 aromatic carbocycles. The van der Waals surface area contributed by atoms with Crippen LogP contribution in [0.2, 0.25) is 0 Å². The van der Waals surface area contributed by atoms with Crippen LogP contribution >= 0.6 is 0 Å². The molecule has 73 heavy (non-hydrogen) atoms. The van der Waals surface area contributed by atoms with E-state index in [0.717, 1.165) is 0 Å². The molecule has 16 aromatic rings. The van der Waals surface area contributed by atoms with Crippen LogP contribution in [0.3, 0.4) is 0 Å². The van der Waals surface area contributed by atoms with Crippen LogP contribution in [-0.2, 0) is 20.4 Å². The number of hydrogen-bond donors (Lipinski definition) is 0. The molecule has 0 aliphatic heterocycles. The predicted octanol–water partition coefficient (Wildman–Crippen LogP) is 20.6. The Bertz CT molecular complexity index is 3220.